The molecule has 0 amide bonds. The van der Waals surface area contributed by atoms with E-state index < -0.39 is 11.2 Å². The molecule has 0 N–H and O–H groups in total. The molecule has 1 spiro atoms. The van der Waals surface area contributed by atoms with E-state index >= 15 is 0 Å². The first kappa shape index (κ1) is 26.6. The molecule has 1 saturated heterocycles. The molecule has 0 aromatic heterocycles. The van der Waals surface area contributed by atoms with Gasteiger partial charge in [-0.3, -0.25) is 4.79 Å². The number of methoxy groups -OCH3 is 1. The third kappa shape index (κ3) is 4.47. The van der Waals surface area contributed by atoms with Crippen LogP contribution in [0, 0.1) is 17.3 Å². The van der Waals surface area contributed by atoms with Crippen molar-refractivity contribution in [1.82, 2.24) is 0 Å². The zero-order valence-electron chi connectivity index (χ0n) is 17.2. The fourth-order valence-electron chi connectivity index (χ4n) is 5.66. The second-order valence-electron chi connectivity index (χ2n) is 8.29. The van der Waals surface area contributed by atoms with Crippen LogP contribution in [0.25, 0.3) is 0 Å². The molecule has 4 rings (SSSR count). The lowest BCUT2D eigenvalue weighted by molar-refractivity contribution is -0.164. The van der Waals surface area contributed by atoms with Crippen molar-refractivity contribution in [2.45, 2.75) is 57.7 Å². The van der Waals surface area contributed by atoms with Crippen LogP contribution in [0.1, 0.15) is 51.9 Å². The van der Waals surface area contributed by atoms with E-state index in [1.54, 1.807) is 0 Å². The molecule has 166 valence electrons. The molecule has 3 aliphatic carbocycles. The average Bonchev–Trinajstić information content (AvgIpc) is 3.10. The maximum absolute atomic E-state index is 12.5. The number of aldehydes is 1. The monoisotopic (exact) mass is 462 g/mol. The van der Waals surface area contributed by atoms with Gasteiger partial charge in [0.25, 0.3) is 0 Å². The second-order valence-corrected chi connectivity index (χ2v) is 8.29. The highest BCUT2D eigenvalue weighted by molar-refractivity contribution is 7.59. The van der Waals surface area contributed by atoms with Crippen LogP contribution in [0.3, 0.4) is 0 Å². The number of esters is 1. The van der Waals surface area contributed by atoms with E-state index in [1.807, 2.05) is 6.92 Å². The molecule has 1 heterocycles. The van der Waals surface area contributed by atoms with E-state index in [0.717, 1.165) is 38.4 Å². The summed E-state index contributed by atoms with van der Waals surface area (Å²) in [6.07, 6.45) is 8.94. The number of rotatable bonds is 3. The summed E-state index contributed by atoms with van der Waals surface area (Å²) in [5.41, 5.74) is 3.64. The summed E-state index contributed by atoms with van der Waals surface area (Å²) in [5.74, 6) is -0.328. The van der Waals surface area contributed by atoms with E-state index in [2.05, 4.69) is 6.08 Å². The Labute approximate surface area is 194 Å². The Kier molecular flexibility index (Phi) is 9.43. The van der Waals surface area contributed by atoms with Gasteiger partial charge in [-0.2, -0.15) is 40.5 Å². The number of hydrogen-bond acceptors (Lipinski definition) is 5. The molecule has 1 fully saturated rings. The quantitative estimate of drug-likeness (QED) is 0.473. The Hall–Kier alpha value is -0.410. The Bertz CT molecular complexity index is 684. The van der Waals surface area contributed by atoms with Gasteiger partial charge in [-0.1, -0.05) is 11.6 Å². The lowest BCUT2D eigenvalue weighted by Gasteiger charge is -2.48. The maximum Gasteiger partial charge on any atom is 0.312 e. The molecule has 0 unspecified atom stereocenters. The first-order valence-electron chi connectivity index (χ1n) is 9.74. The van der Waals surface area contributed by atoms with Crippen molar-refractivity contribution < 1.29 is 23.8 Å². The van der Waals surface area contributed by atoms with Crippen LogP contribution >= 0.6 is 40.5 Å². The normalized spacial score (nSPS) is 31.9. The third-order valence-corrected chi connectivity index (χ3v) is 7.04. The molecule has 29 heavy (non-hydrogen) atoms. The molecule has 0 aromatic rings. The van der Waals surface area contributed by atoms with Crippen molar-refractivity contribution in [1.29, 1.82) is 0 Å². The van der Waals surface area contributed by atoms with Crippen LogP contribution in [0.5, 0.6) is 0 Å². The fourth-order valence-corrected chi connectivity index (χ4v) is 5.66. The number of fused-ring (bicyclic) bond motifs is 2. The fraction of sp³-hybridized carbons (Fsp3) is 0.714. The van der Waals surface area contributed by atoms with Crippen molar-refractivity contribution in [3.05, 3.63) is 22.8 Å². The number of ether oxygens (including phenoxy) is 3. The predicted octanol–water partition coefficient (Wildman–Crippen LogP) is 3.67. The van der Waals surface area contributed by atoms with E-state index in [4.69, 9.17) is 14.2 Å². The Morgan fingerprint density at radius 2 is 1.93 bits per heavy atom. The van der Waals surface area contributed by atoms with Crippen LogP contribution in [0.2, 0.25) is 0 Å². The van der Waals surface area contributed by atoms with Crippen LogP contribution in [0.15, 0.2) is 22.8 Å². The van der Waals surface area contributed by atoms with E-state index in [9.17, 15) is 9.59 Å². The molecule has 3 atom stereocenters. The molecule has 5 nitrogen and oxygen atoms in total. The minimum Gasteiger partial charge on any atom is -0.469 e. The summed E-state index contributed by atoms with van der Waals surface area (Å²) in [5, 5.41) is 0. The zero-order valence-corrected chi connectivity index (χ0v) is 20.2. The van der Waals surface area contributed by atoms with Gasteiger partial charge >= 0.3 is 5.97 Å². The van der Waals surface area contributed by atoms with E-state index in [0.29, 0.717) is 26.1 Å². The van der Waals surface area contributed by atoms with Gasteiger partial charge in [0.15, 0.2) is 5.79 Å². The van der Waals surface area contributed by atoms with Gasteiger partial charge in [0.05, 0.1) is 25.7 Å². The Morgan fingerprint density at radius 3 is 2.55 bits per heavy atom. The molecule has 4 aliphatic rings. The molecule has 8 heteroatoms. The molecule has 0 radical (unpaired) electrons. The van der Waals surface area contributed by atoms with Gasteiger partial charge in [0.1, 0.15) is 6.29 Å². The number of hydrogen-bond donors (Lipinski definition) is 0. The SMILES string of the molecule is COC(=O)[C@@]1(C)CC=C2C3=C(CC[C@H]2[C@@H]1CC=O)CC1(CC3)OCCO1.S.S.S. The zero-order chi connectivity index (χ0) is 18.4. The van der Waals surface area contributed by atoms with Crippen molar-refractivity contribution in [3.8, 4) is 0 Å². The summed E-state index contributed by atoms with van der Waals surface area (Å²) in [6, 6.07) is 0. The lowest BCUT2D eigenvalue weighted by Crippen LogP contribution is -2.45. The van der Waals surface area contributed by atoms with Crippen LogP contribution < -0.4 is 0 Å². The van der Waals surface area contributed by atoms with Crippen LogP contribution in [-0.2, 0) is 23.8 Å². The van der Waals surface area contributed by atoms with Gasteiger partial charge in [0, 0.05) is 19.3 Å². The average molecular weight is 463 g/mol. The Balaban J connectivity index is 0.00000140. The number of carbonyl (C=O) groups is 2. The Morgan fingerprint density at radius 1 is 1.24 bits per heavy atom. The van der Waals surface area contributed by atoms with Gasteiger partial charge in [0.2, 0.25) is 0 Å². The van der Waals surface area contributed by atoms with Gasteiger partial charge in [-0.15, -0.1) is 0 Å². The smallest absolute Gasteiger partial charge is 0.312 e. The highest BCUT2D eigenvalue weighted by Crippen LogP contribution is 2.55. The molecule has 0 aromatic carbocycles. The van der Waals surface area contributed by atoms with Crippen LogP contribution in [0.4, 0.5) is 0 Å². The summed E-state index contributed by atoms with van der Waals surface area (Å²) in [6.45, 7) is 3.33. The largest absolute Gasteiger partial charge is 0.469 e. The first-order chi connectivity index (χ1) is 12.5. The molecule has 1 aliphatic heterocycles. The van der Waals surface area contributed by atoms with Crippen molar-refractivity contribution in [2.75, 3.05) is 20.3 Å². The number of allylic oxidation sites excluding steroid dienone is 3. The van der Waals surface area contributed by atoms with E-state index in [1.165, 1.54) is 23.8 Å². The van der Waals surface area contributed by atoms with Gasteiger partial charge in [-0.05, 0) is 55.6 Å². The van der Waals surface area contributed by atoms with Gasteiger partial charge in [-0.25, -0.2) is 0 Å². The predicted molar refractivity (Wildman–Crippen MR) is 126 cm³/mol. The minimum atomic E-state index is -0.616. The van der Waals surface area contributed by atoms with Gasteiger partial charge < -0.3 is 19.0 Å². The summed E-state index contributed by atoms with van der Waals surface area (Å²) in [7, 11) is 1.44. The van der Waals surface area contributed by atoms with Crippen molar-refractivity contribution >= 4 is 52.7 Å². The lowest BCUT2D eigenvalue weighted by atomic mass is 9.57. The highest BCUT2D eigenvalue weighted by Gasteiger charge is 2.51. The second kappa shape index (κ2) is 10.3. The highest BCUT2D eigenvalue weighted by atomic mass is 32.1. The number of carbonyl (C=O) groups excluding carboxylic acids is 2. The van der Waals surface area contributed by atoms with Crippen molar-refractivity contribution in [3.63, 3.8) is 0 Å². The molecular weight excluding hydrogens is 428 g/mol. The standard InChI is InChI=1S/C21H28O5.3H2S/c1-20(19(23)24-2)8-5-16-15-6-9-21(25-11-12-26-21)13-14(15)3-4-17(16)18(20)7-10-22;;;/h5,10,17-18H,3-4,6-9,11-13H2,1-2H3;3*1H2/t17-,18+,20+;;;/m1.../s1. The minimum absolute atomic E-state index is 0. The molecular formula is C21H34O5S3. The third-order valence-electron chi connectivity index (χ3n) is 7.04. The van der Waals surface area contributed by atoms with E-state index in [-0.39, 0.29) is 58.3 Å². The maximum atomic E-state index is 12.5. The summed E-state index contributed by atoms with van der Waals surface area (Å²) >= 11 is 0. The topological polar surface area (TPSA) is 61.8 Å². The molecule has 0 saturated carbocycles. The summed E-state index contributed by atoms with van der Waals surface area (Å²) in [4.78, 5) is 23.9. The van der Waals surface area contributed by atoms with Crippen LogP contribution in [-0.4, -0.2) is 38.4 Å². The molecule has 0 bridgehead atoms. The summed E-state index contributed by atoms with van der Waals surface area (Å²) < 4.78 is 16.9. The van der Waals surface area contributed by atoms with Crippen molar-refractivity contribution in [2.24, 2.45) is 17.3 Å². The first-order valence-corrected chi connectivity index (χ1v) is 9.74.